The van der Waals surface area contributed by atoms with Gasteiger partial charge in [-0.1, -0.05) is 11.8 Å². The lowest BCUT2D eigenvalue weighted by Crippen LogP contribution is -1.73. The molecular formula is C7H5NS. The van der Waals surface area contributed by atoms with Crippen LogP contribution in [0.3, 0.4) is 0 Å². The summed E-state index contributed by atoms with van der Waals surface area (Å²) < 4.78 is 0. The number of hydrogen-bond acceptors (Lipinski definition) is 1. The van der Waals surface area contributed by atoms with Crippen molar-refractivity contribution in [3.8, 4) is 0 Å². The quantitative estimate of drug-likeness (QED) is 0.539. The number of hydrogen-bond donors (Lipinski definition) is 1. The van der Waals surface area contributed by atoms with Crippen molar-refractivity contribution in [2.45, 2.75) is 4.90 Å². The Kier molecular flexibility index (Phi) is 1.01. The van der Waals surface area contributed by atoms with Gasteiger partial charge in [-0.25, -0.2) is 0 Å². The summed E-state index contributed by atoms with van der Waals surface area (Å²) in [4.78, 5) is 4.38. The van der Waals surface area contributed by atoms with Gasteiger partial charge in [0.1, 0.15) is 0 Å². The summed E-state index contributed by atoms with van der Waals surface area (Å²) in [6.45, 7) is 0. The molecule has 1 aliphatic heterocycles. The van der Waals surface area contributed by atoms with Gasteiger partial charge in [-0.3, -0.25) is 0 Å². The molecule has 0 bridgehead atoms. The predicted molar refractivity (Wildman–Crippen MR) is 39.2 cm³/mol. The number of H-pyrrole nitrogens is 1. The summed E-state index contributed by atoms with van der Waals surface area (Å²) in [6, 6.07) is 2.06. The highest BCUT2D eigenvalue weighted by Crippen LogP contribution is 2.25. The minimum Gasteiger partial charge on any atom is -0.360 e. The topological polar surface area (TPSA) is 15.8 Å². The zero-order chi connectivity index (χ0) is 6.10. The molecule has 0 unspecified atom stereocenters. The average molecular weight is 135 g/mol. The van der Waals surface area contributed by atoms with E-state index in [0.29, 0.717) is 0 Å². The largest absolute Gasteiger partial charge is 0.360 e. The number of aromatic amines is 1. The second-order valence-electron chi connectivity index (χ2n) is 1.80. The van der Waals surface area contributed by atoms with Gasteiger partial charge in [-0.2, -0.15) is 0 Å². The maximum absolute atomic E-state index is 3.10. The van der Waals surface area contributed by atoms with E-state index in [0.717, 1.165) is 0 Å². The molecule has 0 saturated heterocycles. The van der Waals surface area contributed by atoms with Crippen molar-refractivity contribution >= 4 is 17.8 Å². The second-order valence-corrected chi connectivity index (χ2v) is 2.71. The Hall–Kier alpha value is -0.850. The minimum atomic E-state index is 1.17. The van der Waals surface area contributed by atoms with Crippen LogP contribution in [0.5, 0.6) is 0 Å². The molecule has 44 valence electrons. The number of thioether (sulfide) groups is 1. The third-order valence-electron chi connectivity index (χ3n) is 1.22. The van der Waals surface area contributed by atoms with Crippen LogP contribution < -0.4 is 0 Å². The van der Waals surface area contributed by atoms with Crippen molar-refractivity contribution in [1.82, 2.24) is 4.98 Å². The van der Waals surface area contributed by atoms with E-state index < -0.39 is 0 Å². The Bertz CT molecular complexity index is 279. The molecule has 2 heteroatoms. The molecule has 1 N–H and O–H groups in total. The molecule has 0 aliphatic carbocycles. The summed E-state index contributed by atoms with van der Waals surface area (Å²) in [5.41, 5.74) is 4.18. The second kappa shape index (κ2) is 1.83. The molecule has 1 aliphatic rings. The first-order valence-corrected chi connectivity index (χ1v) is 3.60. The fourth-order valence-corrected chi connectivity index (χ4v) is 1.45. The summed E-state index contributed by atoms with van der Waals surface area (Å²) in [6.07, 6.45) is 3.89. The van der Waals surface area contributed by atoms with Crippen molar-refractivity contribution in [2.24, 2.45) is 0 Å². The van der Waals surface area contributed by atoms with Crippen LogP contribution in [0, 0.1) is 0 Å². The first kappa shape index (κ1) is 4.98. The third-order valence-corrected chi connectivity index (χ3v) is 2.08. The highest BCUT2D eigenvalue weighted by molar-refractivity contribution is 8.02. The van der Waals surface area contributed by atoms with E-state index in [1.807, 2.05) is 17.7 Å². The Balaban J connectivity index is 2.65. The van der Waals surface area contributed by atoms with E-state index in [9.17, 15) is 0 Å². The predicted octanol–water partition coefficient (Wildman–Crippen LogP) is 2.25. The lowest BCUT2D eigenvalue weighted by molar-refractivity contribution is 1.33. The highest BCUT2D eigenvalue weighted by Gasteiger charge is 2.00. The van der Waals surface area contributed by atoms with Crippen molar-refractivity contribution in [1.29, 1.82) is 0 Å². The van der Waals surface area contributed by atoms with Crippen LogP contribution in [-0.4, -0.2) is 4.98 Å². The van der Waals surface area contributed by atoms with Crippen molar-refractivity contribution in [2.75, 3.05) is 0 Å². The van der Waals surface area contributed by atoms with E-state index in [1.54, 1.807) is 11.8 Å². The van der Waals surface area contributed by atoms with Crippen LogP contribution in [0.2, 0.25) is 0 Å². The molecule has 0 fully saturated rings. The molecule has 2 heterocycles. The molecule has 0 radical (unpaired) electrons. The molecule has 1 aromatic rings. The van der Waals surface area contributed by atoms with E-state index in [2.05, 4.69) is 16.8 Å². The van der Waals surface area contributed by atoms with Gasteiger partial charge in [0, 0.05) is 22.6 Å². The molecule has 9 heavy (non-hydrogen) atoms. The smallest absolute Gasteiger partial charge is 0.0600 e. The molecule has 0 atom stereocenters. The van der Waals surface area contributed by atoms with Gasteiger partial charge in [0.05, 0.1) is 5.69 Å². The van der Waals surface area contributed by atoms with Gasteiger partial charge >= 0.3 is 0 Å². The zero-order valence-corrected chi connectivity index (χ0v) is 5.53. The highest BCUT2D eigenvalue weighted by atomic mass is 32.2. The zero-order valence-electron chi connectivity index (χ0n) is 4.72. The van der Waals surface area contributed by atoms with Crippen molar-refractivity contribution in [3.63, 3.8) is 0 Å². The number of rotatable bonds is 0. The van der Waals surface area contributed by atoms with Gasteiger partial charge in [0.2, 0.25) is 0 Å². The van der Waals surface area contributed by atoms with Crippen LogP contribution in [0.25, 0.3) is 6.08 Å². The number of nitrogens with one attached hydrogen (secondary N) is 1. The summed E-state index contributed by atoms with van der Waals surface area (Å²) in [5, 5.41) is 1.95. The van der Waals surface area contributed by atoms with E-state index >= 15 is 0 Å². The SMILES string of the molecule is C1=CSc2cc[nH]c2C=1. The van der Waals surface area contributed by atoms with Gasteiger partial charge in [0.15, 0.2) is 0 Å². The first-order chi connectivity index (χ1) is 4.47. The van der Waals surface area contributed by atoms with Crippen LogP contribution in [0.4, 0.5) is 0 Å². The fourth-order valence-electron chi connectivity index (χ4n) is 0.798. The molecule has 0 spiro atoms. The molecule has 0 saturated carbocycles. The molecule has 0 aromatic carbocycles. The normalized spacial score (nSPS) is 13.8. The van der Waals surface area contributed by atoms with Crippen LogP contribution in [0.1, 0.15) is 5.69 Å². The van der Waals surface area contributed by atoms with Crippen LogP contribution in [0.15, 0.2) is 28.3 Å². The molecule has 1 aromatic heterocycles. The fraction of sp³-hybridized carbons (Fsp3) is 0. The van der Waals surface area contributed by atoms with Crippen LogP contribution in [-0.2, 0) is 0 Å². The Morgan fingerprint density at radius 2 is 2.56 bits per heavy atom. The van der Waals surface area contributed by atoms with E-state index in [-0.39, 0.29) is 0 Å². The van der Waals surface area contributed by atoms with Gasteiger partial charge < -0.3 is 4.98 Å². The maximum atomic E-state index is 3.10. The van der Waals surface area contributed by atoms with Crippen molar-refractivity contribution in [3.05, 3.63) is 29.1 Å². The van der Waals surface area contributed by atoms with Gasteiger partial charge in [-0.05, 0) is 6.07 Å². The van der Waals surface area contributed by atoms with Crippen LogP contribution >= 0.6 is 11.8 Å². The lowest BCUT2D eigenvalue weighted by Gasteiger charge is -1.94. The Labute approximate surface area is 57.5 Å². The van der Waals surface area contributed by atoms with E-state index in [1.165, 1.54) is 10.6 Å². The molecule has 2 rings (SSSR count). The minimum absolute atomic E-state index is 1.17. The number of aromatic nitrogens is 1. The monoisotopic (exact) mass is 135 g/mol. The third kappa shape index (κ3) is 0.727. The van der Waals surface area contributed by atoms with Gasteiger partial charge in [0.25, 0.3) is 0 Å². The maximum Gasteiger partial charge on any atom is 0.0600 e. The average Bonchev–Trinajstić information content (AvgIpc) is 2.33. The van der Waals surface area contributed by atoms with Gasteiger partial charge in [-0.15, -0.1) is 5.73 Å². The summed E-state index contributed by atoms with van der Waals surface area (Å²) in [5.74, 6) is 0. The summed E-state index contributed by atoms with van der Waals surface area (Å²) >= 11 is 1.70. The summed E-state index contributed by atoms with van der Waals surface area (Å²) in [7, 11) is 0. The first-order valence-electron chi connectivity index (χ1n) is 2.72. The van der Waals surface area contributed by atoms with E-state index in [4.69, 9.17) is 0 Å². The lowest BCUT2D eigenvalue weighted by atomic mass is 10.4. The van der Waals surface area contributed by atoms with Crippen molar-refractivity contribution < 1.29 is 0 Å². The molecule has 1 nitrogen and oxygen atoms in total. The number of fused-ring (bicyclic) bond motifs is 1. The molecular weight excluding hydrogens is 130 g/mol. The Morgan fingerprint density at radius 3 is 3.44 bits per heavy atom. The molecule has 0 amide bonds. The Morgan fingerprint density at radius 1 is 1.56 bits per heavy atom. The standard InChI is InChI=1S/C7H5NS/c1-2-6-7(9-5-1)3-4-8-6/h2-5,8H.